The van der Waals surface area contributed by atoms with Gasteiger partial charge in [0.05, 0.1) is 12.2 Å². The lowest BCUT2D eigenvalue weighted by molar-refractivity contribution is -0.109. The molecule has 1 aliphatic heterocycles. The molecule has 1 saturated heterocycles. The van der Waals surface area contributed by atoms with Crippen molar-refractivity contribution >= 4 is 0 Å². The molecular formula is C13H18FNO3. The number of likely N-dealkylation sites (tertiary alicyclic amines) is 1. The van der Waals surface area contributed by atoms with Crippen LogP contribution in [0.5, 0.6) is 0 Å². The summed E-state index contributed by atoms with van der Waals surface area (Å²) in [5.74, 6) is -0.262. The van der Waals surface area contributed by atoms with E-state index >= 15 is 0 Å². The highest BCUT2D eigenvalue weighted by Crippen LogP contribution is 2.13. The minimum Gasteiger partial charge on any atom is -0.389 e. The van der Waals surface area contributed by atoms with Gasteiger partial charge in [-0.1, -0.05) is 12.1 Å². The van der Waals surface area contributed by atoms with Crippen molar-refractivity contribution in [2.45, 2.75) is 24.7 Å². The summed E-state index contributed by atoms with van der Waals surface area (Å²) in [6, 6.07) is 6.38. The van der Waals surface area contributed by atoms with Crippen molar-refractivity contribution in [3.05, 3.63) is 35.6 Å². The van der Waals surface area contributed by atoms with Crippen LogP contribution in [0.15, 0.2) is 24.3 Å². The van der Waals surface area contributed by atoms with Gasteiger partial charge in [0.2, 0.25) is 0 Å². The molecular weight excluding hydrogens is 237 g/mol. The van der Waals surface area contributed by atoms with Crippen LogP contribution in [0.2, 0.25) is 0 Å². The van der Waals surface area contributed by atoms with Gasteiger partial charge < -0.3 is 15.3 Å². The molecule has 2 rings (SSSR count). The molecule has 18 heavy (non-hydrogen) atoms. The Morgan fingerprint density at radius 2 is 1.83 bits per heavy atom. The molecule has 100 valence electrons. The molecule has 0 aliphatic carbocycles. The van der Waals surface area contributed by atoms with Gasteiger partial charge in [0, 0.05) is 19.6 Å². The third kappa shape index (κ3) is 3.26. The van der Waals surface area contributed by atoms with E-state index in [0.717, 1.165) is 5.56 Å². The summed E-state index contributed by atoms with van der Waals surface area (Å²) in [6.45, 7) is 1.27. The minimum atomic E-state index is -1.07. The molecule has 1 fully saturated rings. The lowest BCUT2D eigenvalue weighted by Crippen LogP contribution is -2.55. The number of rotatable bonds is 3. The van der Waals surface area contributed by atoms with Gasteiger partial charge in [-0.25, -0.2) is 4.39 Å². The number of halogens is 1. The monoisotopic (exact) mass is 255 g/mol. The largest absolute Gasteiger partial charge is 0.389 e. The Morgan fingerprint density at radius 1 is 1.17 bits per heavy atom. The van der Waals surface area contributed by atoms with Crippen LogP contribution in [0.1, 0.15) is 5.56 Å². The number of hydrogen-bond donors (Lipinski definition) is 3. The molecule has 2 unspecified atom stereocenters. The van der Waals surface area contributed by atoms with E-state index < -0.39 is 18.3 Å². The molecule has 5 heteroatoms. The van der Waals surface area contributed by atoms with E-state index in [0.29, 0.717) is 26.1 Å². The maximum Gasteiger partial charge on any atom is 0.123 e. The van der Waals surface area contributed by atoms with Crippen molar-refractivity contribution in [1.82, 2.24) is 4.90 Å². The molecule has 1 aromatic rings. The van der Waals surface area contributed by atoms with Gasteiger partial charge in [0.15, 0.2) is 0 Å². The molecule has 1 aromatic carbocycles. The first-order valence-electron chi connectivity index (χ1n) is 6.07. The Morgan fingerprint density at radius 3 is 2.44 bits per heavy atom. The average Bonchev–Trinajstić information content (AvgIpc) is 2.33. The van der Waals surface area contributed by atoms with Gasteiger partial charge in [-0.3, -0.25) is 4.90 Å². The van der Waals surface area contributed by atoms with Gasteiger partial charge in [0.25, 0.3) is 0 Å². The van der Waals surface area contributed by atoms with Crippen LogP contribution in [0.4, 0.5) is 4.39 Å². The minimum absolute atomic E-state index is 0.262. The first-order chi connectivity index (χ1) is 8.56. The SMILES string of the molecule is OC1CN(CCc2cccc(F)c2)CC(O)C1O. The van der Waals surface area contributed by atoms with Gasteiger partial charge in [-0.05, 0) is 24.1 Å². The number of aliphatic hydroxyl groups is 3. The zero-order chi connectivity index (χ0) is 13.1. The zero-order valence-electron chi connectivity index (χ0n) is 10.0. The number of hydrogen-bond acceptors (Lipinski definition) is 4. The van der Waals surface area contributed by atoms with Crippen LogP contribution in [0, 0.1) is 5.82 Å². The standard InChI is InChI=1S/C13H18FNO3/c14-10-3-1-2-9(6-10)4-5-15-7-11(16)13(18)12(17)8-15/h1-3,6,11-13,16-18H,4-5,7-8H2. The zero-order valence-corrected chi connectivity index (χ0v) is 10.0. The molecule has 0 bridgehead atoms. The van der Waals surface area contributed by atoms with Crippen LogP contribution in [0.3, 0.4) is 0 Å². The topological polar surface area (TPSA) is 63.9 Å². The van der Waals surface area contributed by atoms with Gasteiger partial charge in [-0.2, -0.15) is 0 Å². The molecule has 0 amide bonds. The predicted molar refractivity (Wildman–Crippen MR) is 64.6 cm³/mol. The lowest BCUT2D eigenvalue weighted by Gasteiger charge is -2.36. The molecule has 1 aliphatic rings. The Hall–Kier alpha value is -1.01. The molecule has 4 nitrogen and oxygen atoms in total. The summed E-state index contributed by atoms with van der Waals surface area (Å²) in [6.07, 6.45) is -2.29. The third-order valence-corrected chi connectivity index (χ3v) is 3.28. The van der Waals surface area contributed by atoms with Gasteiger partial charge in [0.1, 0.15) is 11.9 Å². The summed E-state index contributed by atoms with van der Waals surface area (Å²) in [5, 5.41) is 28.5. The van der Waals surface area contributed by atoms with Crippen LogP contribution in [-0.2, 0) is 6.42 Å². The van der Waals surface area contributed by atoms with Gasteiger partial charge in [-0.15, -0.1) is 0 Å². The summed E-state index contributed by atoms with van der Waals surface area (Å²) in [4.78, 5) is 1.87. The van der Waals surface area contributed by atoms with Crippen molar-refractivity contribution in [3.63, 3.8) is 0 Å². The summed E-state index contributed by atoms with van der Waals surface area (Å²) >= 11 is 0. The fourth-order valence-electron chi connectivity index (χ4n) is 2.24. The Bertz CT molecular complexity index is 390. The fourth-order valence-corrected chi connectivity index (χ4v) is 2.24. The quantitative estimate of drug-likeness (QED) is 0.698. The third-order valence-electron chi connectivity index (χ3n) is 3.28. The second-order valence-corrected chi connectivity index (χ2v) is 4.76. The average molecular weight is 255 g/mol. The van der Waals surface area contributed by atoms with Crippen molar-refractivity contribution in [2.24, 2.45) is 0 Å². The van der Waals surface area contributed by atoms with Crippen LogP contribution in [-0.4, -0.2) is 58.2 Å². The molecule has 0 saturated carbocycles. The highest BCUT2D eigenvalue weighted by atomic mass is 19.1. The Labute approximate surface area is 105 Å². The normalized spacial score (nSPS) is 29.4. The smallest absolute Gasteiger partial charge is 0.123 e. The second kappa shape index (κ2) is 5.75. The van der Waals surface area contributed by atoms with E-state index in [1.807, 2.05) is 11.0 Å². The van der Waals surface area contributed by atoms with E-state index in [4.69, 9.17) is 0 Å². The lowest BCUT2D eigenvalue weighted by atomic mass is 10.0. The fraction of sp³-hybridized carbons (Fsp3) is 0.538. The van der Waals surface area contributed by atoms with E-state index in [1.165, 1.54) is 12.1 Å². The summed E-state index contributed by atoms with van der Waals surface area (Å²) in [5.41, 5.74) is 0.880. The molecule has 0 radical (unpaired) electrons. The highest BCUT2D eigenvalue weighted by molar-refractivity contribution is 5.16. The van der Waals surface area contributed by atoms with E-state index in [-0.39, 0.29) is 5.82 Å². The number of piperidine rings is 1. The molecule has 3 N–H and O–H groups in total. The molecule has 0 spiro atoms. The molecule has 2 atom stereocenters. The van der Waals surface area contributed by atoms with Crippen molar-refractivity contribution in [3.8, 4) is 0 Å². The number of β-amino-alcohol motifs (C(OH)–C–C–N with tert-alkyl or cyclic N) is 2. The van der Waals surface area contributed by atoms with Crippen LogP contribution < -0.4 is 0 Å². The number of nitrogens with zero attached hydrogens (tertiary/aromatic N) is 1. The van der Waals surface area contributed by atoms with Crippen molar-refractivity contribution < 1.29 is 19.7 Å². The molecule has 1 heterocycles. The van der Waals surface area contributed by atoms with Crippen molar-refractivity contribution in [2.75, 3.05) is 19.6 Å². The maximum atomic E-state index is 13.0. The van der Waals surface area contributed by atoms with Gasteiger partial charge >= 0.3 is 0 Å². The van der Waals surface area contributed by atoms with Crippen LogP contribution >= 0.6 is 0 Å². The van der Waals surface area contributed by atoms with Crippen LogP contribution in [0.25, 0.3) is 0 Å². The predicted octanol–water partition coefficient (Wildman–Crippen LogP) is -0.233. The first kappa shape index (κ1) is 13.4. The Balaban J connectivity index is 1.87. The van der Waals surface area contributed by atoms with E-state index in [1.54, 1.807) is 6.07 Å². The first-order valence-corrected chi connectivity index (χ1v) is 6.07. The highest BCUT2D eigenvalue weighted by Gasteiger charge is 2.32. The maximum absolute atomic E-state index is 13.0. The summed E-state index contributed by atoms with van der Waals surface area (Å²) in [7, 11) is 0. The number of aliphatic hydroxyl groups excluding tert-OH is 3. The van der Waals surface area contributed by atoms with E-state index in [2.05, 4.69) is 0 Å². The second-order valence-electron chi connectivity index (χ2n) is 4.76. The van der Waals surface area contributed by atoms with E-state index in [9.17, 15) is 19.7 Å². The number of benzene rings is 1. The molecule has 0 aromatic heterocycles. The Kier molecular flexibility index (Phi) is 4.29. The van der Waals surface area contributed by atoms with Crippen molar-refractivity contribution in [1.29, 1.82) is 0 Å². The summed E-state index contributed by atoms with van der Waals surface area (Å²) < 4.78 is 13.0.